The van der Waals surface area contributed by atoms with Crippen molar-refractivity contribution in [1.29, 1.82) is 0 Å². The van der Waals surface area contributed by atoms with Crippen molar-refractivity contribution in [1.82, 2.24) is 4.98 Å². The molecule has 1 saturated carbocycles. The second-order valence-corrected chi connectivity index (χ2v) is 5.81. The topological polar surface area (TPSA) is 36.4 Å². The Morgan fingerprint density at radius 3 is 2.94 bits per heavy atom. The number of nitrogens with zero attached hydrogens (tertiary/aromatic N) is 2. The summed E-state index contributed by atoms with van der Waals surface area (Å²) in [5, 5.41) is 9.77. The maximum atomic E-state index is 9.09. The molecule has 18 heavy (non-hydrogen) atoms. The third kappa shape index (κ3) is 2.10. The highest BCUT2D eigenvalue weighted by molar-refractivity contribution is 6.33. The number of anilines is 1. The first kappa shape index (κ1) is 12.2. The summed E-state index contributed by atoms with van der Waals surface area (Å²) in [6, 6.07) is 2.46. The van der Waals surface area contributed by atoms with Crippen molar-refractivity contribution in [3.05, 3.63) is 22.8 Å². The molecule has 1 aliphatic heterocycles. The molecule has 4 heteroatoms. The number of halogens is 1. The Kier molecular flexibility index (Phi) is 3.44. The van der Waals surface area contributed by atoms with Crippen LogP contribution in [0.2, 0.25) is 5.02 Å². The van der Waals surface area contributed by atoms with Gasteiger partial charge in [0.1, 0.15) is 5.82 Å². The number of rotatable bonds is 2. The third-order valence-electron chi connectivity index (χ3n) is 4.34. The number of hydrogen-bond donors (Lipinski definition) is 1. The zero-order valence-corrected chi connectivity index (χ0v) is 11.2. The van der Waals surface area contributed by atoms with E-state index in [0.29, 0.717) is 11.1 Å². The number of hydrogen-bond acceptors (Lipinski definition) is 3. The van der Waals surface area contributed by atoms with Crippen molar-refractivity contribution in [2.45, 2.75) is 44.8 Å². The summed E-state index contributed by atoms with van der Waals surface area (Å²) in [4.78, 5) is 6.84. The van der Waals surface area contributed by atoms with Gasteiger partial charge in [-0.2, -0.15) is 0 Å². The standard InChI is InChI=1S/C14H19ClN2O/c15-12-7-10(9-18)8-16-14(12)17-6-5-11-3-1-2-4-13(11)17/h7-8,11,13,18H,1-6,9H2. The molecule has 3 rings (SSSR count). The van der Waals surface area contributed by atoms with Crippen molar-refractivity contribution in [3.8, 4) is 0 Å². The molecule has 1 aromatic rings. The smallest absolute Gasteiger partial charge is 0.147 e. The Morgan fingerprint density at radius 2 is 2.17 bits per heavy atom. The van der Waals surface area contributed by atoms with E-state index in [0.717, 1.165) is 23.8 Å². The van der Waals surface area contributed by atoms with Crippen LogP contribution < -0.4 is 4.90 Å². The minimum Gasteiger partial charge on any atom is -0.392 e. The van der Waals surface area contributed by atoms with Crippen LogP contribution in [0.4, 0.5) is 5.82 Å². The number of aliphatic hydroxyl groups excluding tert-OH is 1. The van der Waals surface area contributed by atoms with Crippen LogP contribution in [0.25, 0.3) is 0 Å². The molecule has 1 N–H and O–H groups in total. The molecule has 0 amide bonds. The van der Waals surface area contributed by atoms with Gasteiger partial charge in [-0.05, 0) is 36.8 Å². The van der Waals surface area contributed by atoms with Gasteiger partial charge in [0.15, 0.2) is 0 Å². The Hall–Kier alpha value is -0.800. The number of pyridine rings is 1. The fraction of sp³-hybridized carbons (Fsp3) is 0.643. The molecule has 1 aromatic heterocycles. The van der Waals surface area contributed by atoms with Crippen molar-refractivity contribution in [3.63, 3.8) is 0 Å². The normalized spacial score (nSPS) is 27.3. The molecule has 2 fully saturated rings. The van der Waals surface area contributed by atoms with Gasteiger partial charge in [-0.15, -0.1) is 0 Å². The molecule has 0 radical (unpaired) electrons. The minimum atomic E-state index is -0.000939. The van der Waals surface area contributed by atoms with E-state index < -0.39 is 0 Å². The van der Waals surface area contributed by atoms with E-state index >= 15 is 0 Å². The zero-order valence-electron chi connectivity index (χ0n) is 10.5. The molecular weight excluding hydrogens is 248 g/mol. The average Bonchev–Trinajstić information content (AvgIpc) is 2.82. The number of aliphatic hydroxyl groups is 1. The van der Waals surface area contributed by atoms with E-state index in [2.05, 4.69) is 9.88 Å². The van der Waals surface area contributed by atoms with Gasteiger partial charge in [0.05, 0.1) is 11.6 Å². The number of fused-ring (bicyclic) bond motifs is 1. The number of aromatic nitrogens is 1. The molecule has 0 bridgehead atoms. The first-order chi connectivity index (χ1) is 8.79. The van der Waals surface area contributed by atoms with E-state index in [1.807, 2.05) is 6.07 Å². The summed E-state index contributed by atoms with van der Waals surface area (Å²) >= 11 is 6.30. The van der Waals surface area contributed by atoms with Crippen LogP contribution in [0.15, 0.2) is 12.3 Å². The summed E-state index contributed by atoms with van der Waals surface area (Å²) in [5.74, 6) is 1.73. The Balaban J connectivity index is 1.86. The van der Waals surface area contributed by atoms with Gasteiger partial charge in [-0.1, -0.05) is 24.4 Å². The van der Waals surface area contributed by atoms with Gasteiger partial charge in [-0.3, -0.25) is 0 Å². The highest BCUT2D eigenvalue weighted by atomic mass is 35.5. The summed E-state index contributed by atoms with van der Waals surface area (Å²) in [6.45, 7) is 1.07. The van der Waals surface area contributed by atoms with Crippen LogP contribution in [0.5, 0.6) is 0 Å². The van der Waals surface area contributed by atoms with Crippen LogP contribution in [0, 0.1) is 5.92 Å². The third-order valence-corrected chi connectivity index (χ3v) is 4.62. The summed E-state index contributed by atoms with van der Waals surface area (Å²) < 4.78 is 0. The second-order valence-electron chi connectivity index (χ2n) is 5.40. The minimum absolute atomic E-state index is 0.000939. The molecule has 2 atom stereocenters. The lowest BCUT2D eigenvalue weighted by molar-refractivity contribution is 0.281. The van der Waals surface area contributed by atoms with Crippen LogP contribution >= 0.6 is 11.6 Å². The summed E-state index contributed by atoms with van der Waals surface area (Å²) in [5.41, 5.74) is 0.781. The SMILES string of the molecule is OCc1cnc(N2CCC3CCCCC32)c(Cl)c1. The van der Waals surface area contributed by atoms with Gasteiger partial charge in [0.2, 0.25) is 0 Å². The molecule has 0 spiro atoms. The fourth-order valence-corrected chi connectivity index (χ4v) is 3.73. The molecule has 3 nitrogen and oxygen atoms in total. The summed E-state index contributed by atoms with van der Waals surface area (Å²) in [6.07, 6.45) is 8.32. The highest BCUT2D eigenvalue weighted by Crippen LogP contribution is 2.40. The lowest BCUT2D eigenvalue weighted by atomic mass is 9.85. The van der Waals surface area contributed by atoms with Crippen molar-refractivity contribution < 1.29 is 5.11 Å². The Bertz CT molecular complexity index is 438. The molecule has 98 valence electrons. The van der Waals surface area contributed by atoms with Crippen LogP contribution in [-0.2, 0) is 6.61 Å². The van der Waals surface area contributed by atoms with E-state index in [1.54, 1.807) is 6.20 Å². The lowest BCUT2D eigenvalue weighted by Crippen LogP contribution is -2.35. The average molecular weight is 267 g/mol. The fourth-order valence-electron chi connectivity index (χ4n) is 3.44. The molecule has 0 aromatic carbocycles. The van der Waals surface area contributed by atoms with Crippen LogP contribution in [-0.4, -0.2) is 22.7 Å². The van der Waals surface area contributed by atoms with E-state index in [4.69, 9.17) is 16.7 Å². The predicted molar refractivity (Wildman–Crippen MR) is 72.9 cm³/mol. The van der Waals surface area contributed by atoms with E-state index in [9.17, 15) is 0 Å². The molecule has 1 aliphatic carbocycles. The lowest BCUT2D eigenvalue weighted by Gasteiger charge is -2.32. The van der Waals surface area contributed by atoms with Crippen molar-refractivity contribution in [2.24, 2.45) is 5.92 Å². The highest BCUT2D eigenvalue weighted by Gasteiger charge is 2.36. The molecule has 1 saturated heterocycles. The Labute approximate surface area is 113 Å². The largest absolute Gasteiger partial charge is 0.392 e. The van der Waals surface area contributed by atoms with Gasteiger partial charge >= 0.3 is 0 Å². The van der Waals surface area contributed by atoms with Crippen LogP contribution in [0.3, 0.4) is 0 Å². The van der Waals surface area contributed by atoms with Crippen LogP contribution in [0.1, 0.15) is 37.7 Å². The molecule has 2 heterocycles. The summed E-state index contributed by atoms with van der Waals surface area (Å²) in [7, 11) is 0. The molecular formula is C14H19ClN2O. The molecule has 2 aliphatic rings. The second kappa shape index (κ2) is 5.06. The first-order valence-corrected chi connectivity index (χ1v) is 7.19. The monoisotopic (exact) mass is 266 g/mol. The van der Waals surface area contributed by atoms with Gasteiger partial charge < -0.3 is 10.0 Å². The molecule has 2 unspecified atom stereocenters. The van der Waals surface area contributed by atoms with Crippen molar-refractivity contribution >= 4 is 17.4 Å². The van der Waals surface area contributed by atoms with E-state index in [1.165, 1.54) is 32.1 Å². The maximum Gasteiger partial charge on any atom is 0.147 e. The van der Waals surface area contributed by atoms with Gasteiger partial charge in [0, 0.05) is 18.8 Å². The maximum absolute atomic E-state index is 9.09. The van der Waals surface area contributed by atoms with E-state index in [-0.39, 0.29) is 6.61 Å². The quantitative estimate of drug-likeness (QED) is 0.894. The zero-order chi connectivity index (χ0) is 12.5. The predicted octanol–water partition coefficient (Wildman–Crippen LogP) is 3.00. The Morgan fingerprint density at radius 1 is 1.33 bits per heavy atom. The van der Waals surface area contributed by atoms with Crippen molar-refractivity contribution in [2.75, 3.05) is 11.4 Å². The van der Waals surface area contributed by atoms with Gasteiger partial charge in [0.25, 0.3) is 0 Å². The van der Waals surface area contributed by atoms with Gasteiger partial charge in [-0.25, -0.2) is 4.98 Å². The first-order valence-electron chi connectivity index (χ1n) is 6.81.